The minimum atomic E-state index is -0.401. The van der Waals surface area contributed by atoms with Crippen LogP contribution in [0, 0.1) is 0 Å². The molecular weight excluding hydrogens is 300 g/mol. The monoisotopic (exact) mass is 326 g/mol. The Hall–Kier alpha value is -1.43. The van der Waals surface area contributed by atoms with E-state index in [2.05, 4.69) is 11.9 Å². The van der Waals surface area contributed by atoms with E-state index in [9.17, 15) is 9.59 Å². The highest BCUT2D eigenvalue weighted by Crippen LogP contribution is 2.15. The first-order valence-corrected chi connectivity index (χ1v) is 8.89. The Balaban J connectivity index is 2.67. The predicted molar refractivity (Wildman–Crippen MR) is 87.9 cm³/mol. The van der Waals surface area contributed by atoms with Gasteiger partial charge in [-0.3, -0.25) is 4.79 Å². The van der Waals surface area contributed by atoms with E-state index in [1.54, 1.807) is 12.3 Å². The molecule has 0 N–H and O–H groups in total. The SMILES string of the molecule is CCCCCN(Cc1nc(C(=O)OCC)cs1)C(=O)CCC. The van der Waals surface area contributed by atoms with Crippen LogP contribution in [0.25, 0.3) is 0 Å². The minimum Gasteiger partial charge on any atom is -0.461 e. The second-order valence-corrected chi connectivity index (χ2v) is 6.06. The fraction of sp³-hybridized carbons (Fsp3) is 0.688. The lowest BCUT2D eigenvalue weighted by atomic mass is 10.2. The highest BCUT2D eigenvalue weighted by molar-refractivity contribution is 7.09. The van der Waals surface area contributed by atoms with Crippen molar-refractivity contribution >= 4 is 23.2 Å². The summed E-state index contributed by atoms with van der Waals surface area (Å²) in [6.07, 6.45) is 4.64. The summed E-state index contributed by atoms with van der Waals surface area (Å²) in [5, 5.41) is 2.48. The minimum absolute atomic E-state index is 0.159. The van der Waals surface area contributed by atoms with E-state index in [1.807, 2.05) is 11.8 Å². The van der Waals surface area contributed by atoms with E-state index in [4.69, 9.17) is 4.74 Å². The van der Waals surface area contributed by atoms with E-state index in [0.717, 1.165) is 37.2 Å². The normalized spacial score (nSPS) is 10.5. The summed E-state index contributed by atoms with van der Waals surface area (Å²) >= 11 is 1.40. The maximum atomic E-state index is 12.2. The van der Waals surface area contributed by atoms with Gasteiger partial charge in [-0.1, -0.05) is 26.7 Å². The van der Waals surface area contributed by atoms with Gasteiger partial charge in [-0.05, 0) is 19.8 Å². The molecule has 22 heavy (non-hydrogen) atoms. The molecule has 1 rings (SSSR count). The number of nitrogens with zero attached hydrogens (tertiary/aromatic N) is 2. The third-order valence-electron chi connectivity index (χ3n) is 3.21. The van der Waals surface area contributed by atoms with E-state index in [1.165, 1.54) is 11.3 Å². The van der Waals surface area contributed by atoms with Crippen molar-refractivity contribution in [2.24, 2.45) is 0 Å². The van der Waals surface area contributed by atoms with Crippen molar-refractivity contribution in [3.05, 3.63) is 16.1 Å². The number of carbonyl (C=O) groups excluding carboxylic acids is 2. The Morgan fingerprint density at radius 2 is 2.00 bits per heavy atom. The van der Waals surface area contributed by atoms with Gasteiger partial charge in [0.1, 0.15) is 5.01 Å². The van der Waals surface area contributed by atoms with Crippen LogP contribution in [0.2, 0.25) is 0 Å². The number of rotatable bonds is 10. The van der Waals surface area contributed by atoms with Gasteiger partial charge in [0.25, 0.3) is 0 Å². The summed E-state index contributed by atoms with van der Waals surface area (Å²) in [7, 11) is 0. The molecule has 0 fully saturated rings. The van der Waals surface area contributed by atoms with Crippen LogP contribution < -0.4 is 0 Å². The van der Waals surface area contributed by atoms with Gasteiger partial charge in [0.2, 0.25) is 5.91 Å². The van der Waals surface area contributed by atoms with Crippen LogP contribution in [0.5, 0.6) is 0 Å². The average Bonchev–Trinajstić information content (AvgIpc) is 2.95. The lowest BCUT2D eigenvalue weighted by molar-refractivity contribution is -0.131. The van der Waals surface area contributed by atoms with Crippen LogP contribution in [-0.2, 0) is 16.1 Å². The summed E-state index contributed by atoms with van der Waals surface area (Å²) in [5.74, 6) is -0.242. The van der Waals surface area contributed by atoms with Gasteiger partial charge in [0.05, 0.1) is 13.2 Å². The summed E-state index contributed by atoms with van der Waals surface area (Å²) in [5.41, 5.74) is 0.332. The molecule has 0 spiro atoms. The molecule has 0 aliphatic rings. The maximum absolute atomic E-state index is 12.2. The average molecular weight is 326 g/mol. The van der Waals surface area contributed by atoms with Crippen molar-refractivity contribution < 1.29 is 14.3 Å². The first-order valence-electron chi connectivity index (χ1n) is 8.01. The smallest absolute Gasteiger partial charge is 0.357 e. The zero-order valence-corrected chi connectivity index (χ0v) is 14.6. The molecule has 0 radical (unpaired) electrons. The molecule has 124 valence electrons. The van der Waals surface area contributed by atoms with Crippen molar-refractivity contribution in [2.45, 2.75) is 59.4 Å². The molecule has 0 saturated carbocycles. The molecule has 1 aromatic rings. The first-order chi connectivity index (χ1) is 10.6. The van der Waals surface area contributed by atoms with Crippen LogP contribution in [0.3, 0.4) is 0 Å². The lowest BCUT2D eigenvalue weighted by Crippen LogP contribution is -2.31. The Labute approximate surface area is 136 Å². The molecule has 6 heteroatoms. The molecule has 0 aliphatic heterocycles. The number of unbranched alkanes of at least 4 members (excludes halogenated alkanes) is 2. The fourth-order valence-electron chi connectivity index (χ4n) is 2.06. The van der Waals surface area contributed by atoms with Crippen LogP contribution >= 0.6 is 11.3 Å². The molecule has 0 aromatic carbocycles. The summed E-state index contributed by atoms with van der Waals surface area (Å²) in [6, 6.07) is 0. The number of carbonyl (C=O) groups is 2. The standard InChI is InChI=1S/C16H26N2O3S/c1-4-7-8-10-18(15(19)9-5-2)11-14-17-13(12-22-14)16(20)21-6-3/h12H,4-11H2,1-3H3. The molecule has 0 bridgehead atoms. The highest BCUT2D eigenvalue weighted by atomic mass is 32.1. The number of esters is 1. The molecule has 1 aromatic heterocycles. The number of aromatic nitrogens is 1. The van der Waals surface area contributed by atoms with Crippen molar-refractivity contribution in [1.82, 2.24) is 9.88 Å². The fourth-order valence-corrected chi connectivity index (χ4v) is 2.84. The Bertz CT molecular complexity index is 474. The second kappa shape index (κ2) is 10.3. The van der Waals surface area contributed by atoms with E-state index >= 15 is 0 Å². The first kappa shape index (κ1) is 18.6. The third-order valence-corrected chi connectivity index (χ3v) is 4.04. The van der Waals surface area contributed by atoms with Gasteiger partial charge >= 0.3 is 5.97 Å². The molecule has 5 nitrogen and oxygen atoms in total. The van der Waals surface area contributed by atoms with Gasteiger partial charge in [0.15, 0.2) is 5.69 Å². The van der Waals surface area contributed by atoms with E-state index < -0.39 is 5.97 Å². The van der Waals surface area contributed by atoms with Crippen molar-refractivity contribution in [2.75, 3.05) is 13.2 Å². The van der Waals surface area contributed by atoms with Crippen molar-refractivity contribution in [1.29, 1.82) is 0 Å². The van der Waals surface area contributed by atoms with Crippen LogP contribution in [0.4, 0.5) is 0 Å². The molecule has 1 heterocycles. The van der Waals surface area contributed by atoms with Crippen molar-refractivity contribution in [3.63, 3.8) is 0 Å². The number of ether oxygens (including phenoxy) is 1. The van der Waals surface area contributed by atoms with Crippen LogP contribution in [0.1, 0.15) is 68.4 Å². The molecular formula is C16H26N2O3S. The van der Waals surface area contributed by atoms with Crippen LogP contribution in [-0.4, -0.2) is 34.9 Å². The number of hydrogen-bond acceptors (Lipinski definition) is 5. The maximum Gasteiger partial charge on any atom is 0.357 e. The third kappa shape index (κ3) is 6.13. The molecule has 1 amide bonds. The second-order valence-electron chi connectivity index (χ2n) is 5.12. The Morgan fingerprint density at radius 3 is 2.64 bits per heavy atom. The molecule has 0 atom stereocenters. The van der Waals surface area contributed by atoms with Gasteiger partial charge in [-0.15, -0.1) is 11.3 Å². The zero-order chi connectivity index (χ0) is 16.4. The highest BCUT2D eigenvalue weighted by Gasteiger charge is 2.17. The van der Waals surface area contributed by atoms with Gasteiger partial charge in [-0.25, -0.2) is 9.78 Å². The summed E-state index contributed by atoms with van der Waals surface area (Å²) in [6.45, 7) is 7.48. The summed E-state index contributed by atoms with van der Waals surface area (Å²) in [4.78, 5) is 30.0. The number of hydrogen-bond donors (Lipinski definition) is 0. The van der Waals surface area contributed by atoms with E-state index in [0.29, 0.717) is 25.3 Å². The van der Waals surface area contributed by atoms with Gasteiger partial charge in [-0.2, -0.15) is 0 Å². The quantitative estimate of drug-likeness (QED) is 0.486. The lowest BCUT2D eigenvalue weighted by Gasteiger charge is -2.21. The van der Waals surface area contributed by atoms with E-state index in [-0.39, 0.29) is 5.91 Å². The molecule has 0 aliphatic carbocycles. The molecule has 0 unspecified atom stereocenters. The Kier molecular flexibility index (Phi) is 8.74. The van der Waals surface area contributed by atoms with Crippen molar-refractivity contribution in [3.8, 4) is 0 Å². The van der Waals surface area contributed by atoms with Crippen LogP contribution in [0.15, 0.2) is 5.38 Å². The van der Waals surface area contributed by atoms with Gasteiger partial charge < -0.3 is 9.64 Å². The number of amides is 1. The molecule has 0 saturated heterocycles. The summed E-state index contributed by atoms with van der Waals surface area (Å²) < 4.78 is 4.94. The predicted octanol–water partition coefficient (Wildman–Crippen LogP) is 3.64. The number of thiazole rings is 1. The topological polar surface area (TPSA) is 59.5 Å². The Morgan fingerprint density at radius 1 is 1.23 bits per heavy atom. The zero-order valence-electron chi connectivity index (χ0n) is 13.8. The van der Waals surface area contributed by atoms with Gasteiger partial charge in [0, 0.05) is 18.3 Å². The largest absolute Gasteiger partial charge is 0.461 e.